The number of hydrogen-bond donors (Lipinski definition) is 0. The van der Waals surface area contributed by atoms with Crippen LogP contribution in [0.1, 0.15) is 12.5 Å². The molecular formula is C9H9N3. The molecule has 0 aliphatic carbocycles. The van der Waals surface area contributed by atoms with Gasteiger partial charge in [-0.15, -0.1) is 0 Å². The van der Waals surface area contributed by atoms with Crippen LogP contribution in [0.2, 0.25) is 0 Å². The molecule has 3 heteroatoms. The molecule has 0 saturated carbocycles. The Balaban J connectivity index is 2.68. The molecule has 0 aliphatic heterocycles. The second-order valence-corrected chi connectivity index (χ2v) is 2.76. The highest BCUT2D eigenvalue weighted by atomic mass is 15.3. The molecule has 0 spiro atoms. The van der Waals surface area contributed by atoms with Crippen LogP contribution < -0.4 is 0 Å². The molecule has 12 heavy (non-hydrogen) atoms. The van der Waals surface area contributed by atoms with Crippen LogP contribution in [-0.4, -0.2) is 14.6 Å². The molecule has 0 radical (unpaired) electrons. The van der Waals surface area contributed by atoms with Crippen molar-refractivity contribution in [1.29, 1.82) is 0 Å². The summed E-state index contributed by atoms with van der Waals surface area (Å²) in [6.07, 6.45) is 3.46. The summed E-state index contributed by atoms with van der Waals surface area (Å²) < 4.78 is 1.74. The van der Waals surface area contributed by atoms with Gasteiger partial charge in [-0.2, -0.15) is 5.10 Å². The Labute approximate surface area is 70.4 Å². The molecule has 0 saturated heterocycles. The van der Waals surface area contributed by atoms with Crippen molar-refractivity contribution in [1.82, 2.24) is 14.6 Å². The van der Waals surface area contributed by atoms with Crippen LogP contribution >= 0.6 is 0 Å². The Hall–Kier alpha value is -1.64. The maximum atomic E-state index is 4.04. The highest BCUT2D eigenvalue weighted by Gasteiger charge is 1.96. The zero-order chi connectivity index (χ0) is 8.55. The van der Waals surface area contributed by atoms with Crippen molar-refractivity contribution in [3.05, 3.63) is 36.8 Å². The van der Waals surface area contributed by atoms with Crippen molar-refractivity contribution in [2.75, 3.05) is 0 Å². The zero-order valence-electron chi connectivity index (χ0n) is 6.86. The summed E-state index contributed by atoms with van der Waals surface area (Å²) in [6.45, 7) is 5.83. The average molecular weight is 159 g/mol. The second kappa shape index (κ2) is 2.44. The highest BCUT2D eigenvalue weighted by Crippen LogP contribution is 2.10. The molecule has 0 N–H and O–H groups in total. The summed E-state index contributed by atoms with van der Waals surface area (Å²) in [5.74, 6) is 0. The van der Waals surface area contributed by atoms with Crippen molar-refractivity contribution in [3.8, 4) is 0 Å². The summed E-state index contributed by atoms with van der Waals surface area (Å²) in [7, 11) is 0. The molecule has 2 aromatic rings. The Bertz CT molecular complexity index is 428. The number of nitrogens with zero attached hydrogens (tertiary/aromatic N) is 3. The van der Waals surface area contributed by atoms with E-state index in [1.165, 1.54) is 6.33 Å². The monoisotopic (exact) mass is 159 g/mol. The summed E-state index contributed by atoms with van der Waals surface area (Å²) in [5, 5.41) is 4.03. The normalized spacial score (nSPS) is 10.4. The summed E-state index contributed by atoms with van der Waals surface area (Å²) >= 11 is 0. The molecule has 2 rings (SSSR count). The van der Waals surface area contributed by atoms with Crippen molar-refractivity contribution < 1.29 is 0 Å². The van der Waals surface area contributed by atoms with E-state index in [0.717, 1.165) is 16.8 Å². The highest BCUT2D eigenvalue weighted by molar-refractivity contribution is 5.61. The van der Waals surface area contributed by atoms with Gasteiger partial charge in [0.15, 0.2) is 5.65 Å². The van der Waals surface area contributed by atoms with Crippen LogP contribution in [0.15, 0.2) is 31.2 Å². The molecule has 3 nitrogen and oxygen atoms in total. The van der Waals surface area contributed by atoms with Crippen LogP contribution in [0.5, 0.6) is 0 Å². The maximum absolute atomic E-state index is 4.04. The number of pyridine rings is 1. The number of rotatable bonds is 1. The van der Waals surface area contributed by atoms with E-state index in [1.807, 2.05) is 25.3 Å². The average Bonchev–Trinajstić information content (AvgIpc) is 2.49. The number of fused-ring (bicyclic) bond motifs is 1. The Morgan fingerprint density at radius 2 is 2.33 bits per heavy atom. The standard InChI is InChI=1S/C9H9N3/c1-7(2)8-3-4-9-10-6-11-12(9)5-8/h3-6H,1H2,2H3. The van der Waals surface area contributed by atoms with Gasteiger partial charge in [-0.3, -0.25) is 0 Å². The topological polar surface area (TPSA) is 30.2 Å². The minimum absolute atomic E-state index is 0.861. The molecule has 2 aromatic heterocycles. The third-order valence-corrected chi connectivity index (χ3v) is 1.77. The molecule has 0 amide bonds. The van der Waals surface area contributed by atoms with Crippen molar-refractivity contribution in [2.45, 2.75) is 6.92 Å². The van der Waals surface area contributed by atoms with Crippen molar-refractivity contribution in [3.63, 3.8) is 0 Å². The van der Waals surface area contributed by atoms with Crippen LogP contribution in [-0.2, 0) is 0 Å². The molecule has 0 aromatic carbocycles. The van der Waals surface area contributed by atoms with E-state index < -0.39 is 0 Å². The molecule has 60 valence electrons. The third kappa shape index (κ3) is 0.993. The predicted molar refractivity (Wildman–Crippen MR) is 47.7 cm³/mol. The van der Waals surface area contributed by atoms with Gasteiger partial charge in [0.1, 0.15) is 6.33 Å². The largest absolute Gasteiger partial charge is 0.221 e. The van der Waals surface area contributed by atoms with Crippen molar-refractivity contribution >= 4 is 11.2 Å². The first-order valence-corrected chi connectivity index (χ1v) is 3.72. The first kappa shape index (κ1) is 7.03. The Morgan fingerprint density at radius 1 is 1.50 bits per heavy atom. The fraction of sp³-hybridized carbons (Fsp3) is 0.111. The first-order chi connectivity index (χ1) is 5.77. The predicted octanol–water partition coefficient (Wildman–Crippen LogP) is 1.76. The lowest BCUT2D eigenvalue weighted by Crippen LogP contribution is -1.88. The van der Waals surface area contributed by atoms with Gasteiger partial charge in [0.25, 0.3) is 0 Å². The van der Waals surface area contributed by atoms with E-state index in [9.17, 15) is 0 Å². The maximum Gasteiger partial charge on any atom is 0.155 e. The van der Waals surface area contributed by atoms with Crippen LogP contribution in [0, 0.1) is 0 Å². The molecule has 0 aliphatic rings. The van der Waals surface area contributed by atoms with E-state index in [1.54, 1.807) is 4.52 Å². The van der Waals surface area contributed by atoms with E-state index in [-0.39, 0.29) is 0 Å². The summed E-state index contributed by atoms with van der Waals surface area (Å²) in [6, 6.07) is 3.92. The van der Waals surface area contributed by atoms with Gasteiger partial charge in [0, 0.05) is 6.20 Å². The first-order valence-electron chi connectivity index (χ1n) is 3.72. The van der Waals surface area contributed by atoms with Gasteiger partial charge in [0.05, 0.1) is 0 Å². The number of allylic oxidation sites excluding steroid dienone is 1. The summed E-state index contributed by atoms with van der Waals surface area (Å²) in [5.41, 5.74) is 2.99. The molecular weight excluding hydrogens is 150 g/mol. The van der Waals surface area contributed by atoms with E-state index in [4.69, 9.17) is 0 Å². The minimum atomic E-state index is 0.861. The van der Waals surface area contributed by atoms with Gasteiger partial charge in [-0.1, -0.05) is 6.58 Å². The lowest BCUT2D eigenvalue weighted by atomic mass is 10.1. The van der Waals surface area contributed by atoms with E-state index in [2.05, 4.69) is 16.7 Å². The Morgan fingerprint density at radius 3 is 3.08 bits per heavy atom. The van der Waals surface area contributed by atoms with Gasteiger partial charge in [-0.25, -0.2) is 9.50 Å². The van der Waals surface area contributed by atoms with Crippen molar-refractivity contribution in [2.24, 2.45) is 0 Å². The number of hydrogen-bond acceptors (Lipinski definition) is 2. The zero-order valence-corrected chi connectivity index (χ0v) is 6.86. The SMILES string of the molecule is C=C(C)c1ccc2ncnn2c1. The molecule has 0 unspecified atom stereocenters. The van der Waals surface area contributed by atoms with Crippen LogP contribution in [0.4, 0.5) is 0 Å². The van der Waals surface area contributed by atoms with Gasteiger partial charge < -0.3 is 0 Å². The third-order valence-electron chi connectivity index (χ3n) is 1.77. The quantitative estimate of drug-likeness (QED) is 0.634. The van der Waals surface area contributed by atoms with E-state index in [0.29, 0.717) is 0 Å². The molecule has 0 atom stereocenters. The van der Waals surface area contributed by atoms with Crippen LogP contribution in [0.25, 0.3) is 11.2 Å². The second-order valence-electron chi connectivity index (χ2n) is 2.76. The van der Waals surface area contributed by atoms with Crippen LogP contribution in [0.3, 0.4) is 0 Å². The van der Waals surface area contributed by atoms with Gasteiger partial charge in [-0.05, 0) is 30.2 Å². The lowest BCUT2D eigenvalue weighted by Gasteiger charge is -1.98. The molecule has 0 fully saturated rings. The smallest absolute Gasteiger partial charge is 0.155 e. The molecule has 0 bridgehead atoms. The minimum Gasteiger partial charge on any atom is -0.221 e. The lowest BCUT2D eigenvalue weighted by molar-refractivity contribution is 0.957. The summed E-state index contributed by atoms with van der Waals surface area (Å²) in [4.78, 5) is 4.04. The fourth-order valence-electron chi connectivity index (χ4n) is 1.07. The Kier molecular flexibility index (Phi) is 1.43. The van der Waals surface area contributed by atoms with E-state index >= 15 is 0 Å². The molecule has 2 heterocycles. The van der Waals surface area contributed by atoms with Gasteiger partial charge in [0.2, 0.25) is 0 Å². The fourth-order valence-corrected chi connectivity index (χ4v) is 1.07. The number of aromatic nitrogens is 3. The van der Waals surface area contributed by atoms with Gasteiger partial charge >= 0.3 is 0 Å².